The number of benzene rings is 2. The van der Waals surface area contributed by atoms with Crippen molar-refractivity contribution in [2.45, 2.75) is 0 Å². The summed E-state index contributed by atoms with van der Waals surface area (Å²) in [5.74, 6) is 0.536. The number of carbonyl (C=O) groups is 1. The molecule has 0 unspecified atom stereocenters. The van der Waals surface area contributed by atoms with E-state index in [0.717, 1.165) is 46.5 Å². The third-order valence-corrected chi connectivity index (χ3v) is 6.48. The van der Waals surface area contributed by atoms with E-state index < -0.39 is 0 Å². The molecule has 2 aliphatic heterocycles. The van der Waals surface area contributed by atoms with E-state index in [1.807, 2.05) is 71.6 Å². The van der Waals surface area contributed by atoms with Crippen LogP contribution in [0.2, 0.25) is 0 Å². The maximum atomic E-state index is 12.7. The van der Waals surface area contributed by atoms with E-state index in [0.29, 0.717) is 24.7 Å². The van der Waals surface area contributed by atoms with Crippen LogP contribution in [0.1, 0.15) is 5.56 Å². The lowest BCUT2D eigenvalue weighted by Crippen LogP contribution is -2.38. The highest BCUT2D eigenvalue weighted by Gasteiger charge is 2.27. The number of para-hydroxylation sites is 1. The summed E-state index contributed by atoms with van der Waals surface area (Å²) in [6.07, 6.45) is 5.54. The predicted octanol–water partition coefficient (Wildman–Crippen LogP) is 4.41. The molecule has 172 valence electrons. The van der Waals surface area contributed by atoms with E-state index in [2.05, 4.69) is 16.5 Å². The molecule has 0 atom stereocenters. The number of amidine groups is 1. The van der Waals surface area contributed by atoms with Crippen LogP contribution in [-0.2, 0) is 9.53 Å². The quantitative estimate of drug-likeness (QED) is 0.391. The number of thioether (sulfide) groups is 1. The Hall–Kier alpha value is -3.62. The highest BCUT2D eigenvalue weighted by molar-refractivity contribution is 8.18. The predicted molar refractivity (Wildman–Crippen MR) is 135 cm³/mol. The molecule has 0 spiro atoms. The van der Waals surface area contributed by atoms with Crippen LogP contribution in [0.25, 0.3) is 23.0 Å². The minimum atomic E-state index is -0.224. The van der Waals surface area contributed by atoms with E-state index >= 15 is 0 Å². The van der Waals surface area contributed by atoms with E-state index in [-0.39, 0.29) is 5.91 Å². The second-order valence-electron chi connectivity index (χ2n) is 7.75. The number of aromatic nitrogens is 2. The second kappa shape index (κ2) is 10.1. The van der Waals surface area contributed by atoms with Gasteiger partial charge >= 0.3 is 0 Å². The van der Waals surface area contributed by atoms with Gasteiger partial charge in [-0.05, 0) is 54.2 Å². The molecule has 3 heterocycles. The average Bonchev–Trinajstić information content (AvgIpc) is 3.48. The van der Waals surface area contributed by atoms with E-state index in [4.69, 9.17) is 14.6 Å². The highest BCUT2D eigenvalue weighted by atomic mass is 32.2. The highest BCUT2D eigenvalue weighted by Crippen LogP contribution is 2.34. The van der Waals surface area contributed by atoms with Crippen molar-refractivity contribution < 1.29 is 14.3 Å². The first-order chi connectivity index (χ1) is 16.7. The van der Waals surface area contributed by atoms with Gasteiger partial charge in [0.25, 0.3) is 5.91 Å². The first-order valence-electron chi connectivity index (χ1n) is 11.1. The van der Waals surface area contributed by atoms with Crippen LogP contribution in [0.15, 0.2) is 83.3 Å². The van der Waals surface area contributed by atoms with Crippen LogP contribution in [0.4, 0.5) is 0 Å². The fraction of sp³-hybridized carbons (Fsp3) is 0.192. The lowest BCUT2D eigenvalue weighted by Gasteiger charge is -2.27. The zero-order valence-corrected chi connectivity index (χ0v) is 19.4. The Morgan fingerprint density at radius 1 is 1.09 bits per heavy atom. The Morgan fingerprint density at radius 3 is 2.59 bits per heavy atom. The number of carbonyl (C=O) groups excluding carboxylic acids is 1. The molecule has 1 fully saturated rings. The summed E-state index contributed by atoms with van der Waals surface area (Å²) in [6, 6.07) is 17.7. The van der Waals surface area contributed by atoms with Crippen molar-refractivity contribution in [1.29, 1.82) is 0 Å². The number of morpholine rings is 1. The normalized spacial score (nSPS) is 17.2. The summed E-state index contributed by atoms with van der Waals surface area (Å²) in [5, 5.41) is 5.59. The van der Waals surface area contributed by atoms with Gasteiger partial charge < -0.3 is 14.4 Å². The summed E-state index contributed by atoms with van der Waals surface area (Å²) in [7, 11) is 0. The molecule has 1 aromatic heterocycles. The third-order valence-electron chi connectivity index (χ3n) is 5.44. The second-order valence-corrected chi connectivity index (χ2v) is 8.76. The van der Waals surface area contributed by atoms with Gasteiger partial charge in [0.2, 0.25) is 0 Å². The van der Waals surface area contributed by atoms with Crippen molar-refractivity contribution in [3.8, 4) is 22.7 Å². The molecule has 5 rings (SSSR count). The van der Waals surface area contributed by atoms with Gasteiger partial charge in [0.15, 0.2) is 5.17 Å². The molecule has 1 saturated heterocycles. The standard InChI is InChI=1S/C26H24N4O3S/c1-2-14-33-22-10-8-19(9-11-22)24-20(18-30(28-24)21-6-4-3-5-7-21)17-23-25(31)27-26(34-23)29-12-15-32-16-13-29/h2-11,17-18H,1,12-16H2/b23-17-. The smallest absolute Gasteiger partial charge is 0.286 e. The molecule has 0 aliphatic carbocycles. The van der Waals surface area contributed by atoms with Crippen molar-refractivity contribution in [3.05, 3.63) is 83.9 Å². The lowest BCUT2D eigenvalue weighted by atomic mass is 10.1. The summed E-state index contributed by atoms with van der Waals surface area (Å²) >= 11 is 1.41. The van der Waals surface area contributed by atoms with E-state index in [9.17, 15) is 4.79 Å². The lowest BCUT2D eigenvalue weighted by molar-refractivity contribution is -0.113. The molecular weight excluding hydrogens is 448 g/mol. The first kappa shape index (κ1) is 22.2. The molecule has 1 amide bonds. The first-order valence-corrected chi connectivity index (χ1v) is 11.9. The SMILES string of the molecule is C=CCOc1ccc(-c2nn(-c3ccccc3)cc2/C=C2\SC(N3CCOCC3)=NC2=O)cc1. The maximum Gasteiger partial charge on any atom is 0.286 e. The van der Waals surface area contributed by atoms with Crippen molar-refractivity contribution in [2.24, 2.45) is 4.99 Å². The molecule has 0 saturated carbocycles. The van der Waals surface area contributed by atoms with Crippen molar-refractivity contribution in [1.82, 2.24) is 14.7 Å². The summed E-state index contributed by atoms with van der Waals surface area (Å²) < 4.78 is 12.9. The largest absolute Gasteiger partial charge is 0.490 e. The monoisotopic (exact) mass is 472 g/mol. The number of nitrogens with zero attached hydrogens (tertiary/aromatic N) is 4. The van der Waals surface area contributed by atoms with Gasteiger partial charge in [-0.15, -0.1) is 0 Å². The Morgan fingerprint density at radius 2 is 1.85 bits per heavy atom. The van der Waals surface area contributed by atoms with Crippen LogP contribution >= 0.6 is 11.8 Å². The topological polar surface area (TPSA) is 68.9 Å². The van der Waals surface area contributed by atoms with Crippen molar-refractivity contribution in [2.75, 3.05) is 32.9 Å². The van der Waals surface area contributed by atoms with E-state index in [1.165, 1.54) is 11.8 Å². The van der Waals surface area contributed by atoms with Crippen molar-refractivity contribution in [3.63, 3.8) is 0 Å². The van der Waals surface area contributed by atoms with Crippen LogP contribution in [0, 0.1) is 0 Å². The number of aliphatic imine (C=N–C) groups is 1. The maximum absolute atomic E-state index is 12.7. The fourth-order valence-electron chi connectivity index (χ4n) is 3.72. The number of rotatable bonds is 6. The number of hydrogen-bond donors (Lipinski definition) is 0. The minimum absolute atomic E-state index is 0.224. The Bertz CT molecular complexity index is 1240. The van der Waals surface area contributed by atoms with Gasteiger partial charge in [-0.3, -0.25) is 4.79 Å². The number of hydrogen-bond acceptors (Lipinski definition) is 6. The zero-order valence-electron chi connectivity index (χ0n) is 18.6. The Labute approximate surface area is 202 Å². The van der Waals surface area contributed by atoms with E-state index in [1.54, 1.807) is 6.08 Å². The van der Waals surface area contributed by atoms with Gasteiger partial charge in [-0.2, -0.15) is 10.1 Å². The van der Waals surface area contributed by atoms with Crippen LogP contribution in [-0.4, -0.2) is 58.7 Å². The van der Waals surface area contributed by atoms with Gasteiger partial charge in [-0.1, -0.05) is 30.9 Å². The Kier molecular flexibility index (Phi) is 6.60. The number of amides is 1. The summed E-state index contributed by atoms with van der Waals surface area (Å²) in [5.41, 5.74) is 3.49. The van der Waals surface area contributed by atoms with Crippen molar-refractivity contribution >= 4 is 28.9 Å². The van der Waals surface area contributed by atoms with Gasteiger partial charge in [0.1, 0.15) is 12.4 Å². The molecule has 3 aromatic rings. The molecular formula is C26H24N4O3S. The molecule has 34 heavy (non-hydrogen) atoms. The zero-order chi connectivity index (χ0) is 23.3. The molecule has 2 aromatic carbocycles. The average molecular weight is 473 g/mol. The Balaban J connectivity index is 1.48. The molecule has 0 N–H and O–H groups in total. The minimum Gasteiger partial charge on any atom is -0.490 e. The van der Waals surface area contributed by atoms with Crippen LogP contribution in [0.5, 0.6) is 5.75 Å². The third kappa shape index (κ3) is 4.83. The van der Waals surface area contributed by atoms with Gasteiger partial charge in [0, 0.05) is 30.4 Å². The molecule has 2 aliphatic rings. The molecule has 8 heteroatoms. The molecule has 7 nitrogen and oxygen atoms in total. The fourth-order valence-corrected chi connectivity index (χ4v) is 4.68. The molecule has 0 bridgehead atoms. The number of ether oxygens (including phenoxy) is 2. The van der Waals surface area contributed by atoms with Gasteiger partial charge in [0.05, 0.1) is 29.5 Å². The summed E-state index contributed by atoms with van der Waals surface area (Å²) in [4.78, 5) is 19.7. The summed E-state index contributed by atoms with van der Waals surface area (Å²) in [6.45, 7) is 6.90. The van der Waals surface area contributed by atoms with Gasteiger partial charge in [-0.25, -0.2) is 4.68 Å². The molecule has 0 radical (unpaired) electrons. The van der Waals surface area contributed by atoms with Crippen LogP contribution < -0.4 is 4.74 Å². The van der Waals surface area contributed by atoms with Crippen LogP contribution in [0.3, 0.4) is 0 Å².